The number of nitrogens with zero attached hydrogens (tertiary/aromatic N) is 5. The summed E-state index contributed by atoms with van der Waals surface area (Å²) in [6.07, 6.45) is 0. The predicted octanol–water partition coefficient (Wildman–Crippen LogP) is 0.108. The molecule has 1 aromatic heterocycles. The number of nitrogens with one attached hydrogen (secondary N) is 1. The van der Waals surface area contributed by atoms with Gasteiger partial charge in [-0.25, -0.2) is 5.01 Å². The van der Waals surface area contributed by atoms with Crippen LogP contribution in [0.2, 0.25) is 5.28 Å². The zero-order valence-electron chi connectivity index (χ0n) is 9.85. The first kappa shape index (κ1) is 12.3. The lowest BCUT2D eigenvalue weighted by molar-refractivity contribution is 0.177. The molecule has 1 aliphatic heterocycles. The fourth-order valence-electron chi connectivity index (χ4n) is 1.53. The molecular weight excluding hydrogens is 244 g/mol. The fourth-order valence-corrected chi connectivity index (χ4v) is 1.69. The molecule has 0 unspecified atom stereocenters. The van der Waals surface area contributed by atoms with Crippen molar-refractivity contribution >= 4 is 17.5 Å². The van der Waals surface area contributed by atoms with Crippen molar-refractivity contribution in [1.82, 2.24) is 24.9 Å². The van der Waals surface area contributed by atoms with Gasteiger partial charge in [0.15, 0.2) is 0 Å². The minimum Gasteiger partial charge on any atom is -0.467 e. The molecule has 2 rings (SSSR count). The third-order valence-electron chi connectivity index (χ3n) is 2.53. The van der Waals surface area contributed by atoms with Crippen LogP contribution in [-0.2, 0) is 0 Å². The van der Waals surface area contributed by atoms with Gasteiger partial charge < -0.3 is 9.64 Å². The molecule has 0 amide bonds. The van der Waals surface area contributed by atoms with Crippen LogP contribution < -0.4 is 10.2 Å². The molecule has 1 aliphatic rings. The molecule has 0 atom stereocenters. The molecule has 0 aromatic carbocycles. The number of halogens is 1. The van der Waals surface area contributed by atoms with Crippen LogP contribution in [0.4, 0.5) is 5.95 Å². The van der Waals surface area contributed by atoms with Crippen LogP contribution in [0, 0.1) is 0 Å². The first-order valence-electron chi connectivity index (χ1n) is 5.33. The second-order valence-corrected chi connectivity index (χ2v) is 4.15. The number of likely N-dealkylation sites (N-methyl/N-ethyl adjacent to an activating group) is 1. The summed E-state index contributed by atoms with van der Waals surface area (Å²) >= 11 is 5.76. The van der Waals surface area contributed by atoms with E-state index in [1.807, 2.05) is 5.01 Å². The van der Waals surface area contributed by atoms with Gasteiger partial charge in [-0.3, -0.25) is 5.43 Å². The number of piperazine rings is 1. The lowest BCUT2D eigenvalue weighted by atomic mass is 10.4. The lowest BCUT2D eigenvalue weighted by Gasteiger charge is -2.32. The quantitative estimate of drug-likeness (QED) is 0.825. The van der Waals surface area contributed by atoms with Crippen LogP contribution in [0.25, 0.3) is 0 Å². The molecule has 1 fully saturated rings. The van der Waals surface area contributed by atoms with Crippen molar-refractivity contribution in [2.24, 2.45) is 0 Å². The molecule has 0 bridgehead atoms. The Morgan fingerprint density at radius 2 is 1.88 bits per heavy atom. The summed E-state index contributed by atoms with van der Waals surface area (Å²) in [5.41, 5.74) is 3.10. The number of hydrogen-bond acceptors (Lipinski definition) is 7. The van der Waals surface area contributed by atoms with Crippen LogP contribution in [0.3, 0.4) is 0 Å². The zero-order chi connectivity index (χ0) is 12.3. The van der Waals surface area contributed by atoms with Gasteiger partial charge in [0.1, 0.15) is 0 Å². The number of ether oxygens (including phenoxy) is 1. The van der Waals surface area contributed by atoms with Gasteiger partial charge in [-0.05, 0) is 18.6 Å². The summed E-state index contributed by atoms with van der Waals surface area (Å²) in [6.45, 7) is 3.82. The zero-order valence-corrected chi connectivity index (χ0v) is 10.6. The van der Waals surface area contributed by atoms with Crippen molar-refractivity contribution in [3.63, 3.8) is 0 Å². The summed E-state index contributed by atoms with van der Waals surface area (Å²) in [6, 6.07) is 0.210. The molecule has 0 aliphatic carbocycles. The van der Waals surface area contributed by atoms with E-state index in [1.165, 1.54) is 7.11 Å². The average molecular weight is 259 g/mol. The van der Waals surface area contributed by atoms with Gasteiger partial charge in [0, 0.05) is 26.2 Å². The van der Waals surface area contributed by atoms with Gasteiger partial charge in [0.25, 0.3) is 0 Å². The summed E-state index contributed by atoms with van der Waals surface area (Å²) in [5, 5.41) is 2.17. The SMILES string of the molecule is COc1nc(Cl)nc(NN2CCN(C)CC2)n1. The summed E-state index contributed by atoms with van der Waals surface area (Å²) in [7, 11) is 3.59. The Kier molecular flexibility index (Phi) is 3.93. The molecule has 2 heterocycles. The van der Waals surface area contributed by atoms with Crippen molar-refractivity contribution < 1.29 is 4.74 Å². The summed E-state index contributed by atoms with van der Waals surface area (Å²) < 4.78 is 4.93. The highest BCUT2D eigenvalue weighted by atomic mass is 35.5. The topological polar surface area (TPSA) is 66.4 Å². The molecule has 0 spiro atoms. The van der Waals surface area contributed by atoms with E-state index >= 15 is 0 Å². The summed E-state index contributed by atoms with van der Waals surface area (Å²) in [4.78, 5) is 14.1. The van der Waals surface area contributed by atoms with E-state index in [-0.39, 0.29) is 11.3 Å². The lowest BCUT2D eigenvalue weighted by Crippen LogP contribution is -2.47. The molecule has 7 nitrogen and oxygen atoms in total. The van der Waals surface area contributed by atoms with E-state index in [4.69, 9.17) is 16.3 Å². The normalized spacial score (nSPS) is 18.1. The fraction of sp³-hybridized carbons (Fsp3) is 0.667. The maximum Gasteiger partial charge on any atom is 0.322 e. The number of methoxy groups -OCH3 is 1. The Morgan fingerprint density at radius 1 is 1.18 bits per heavy atom. The van der Waals surface area contributed by atoms with Gasteiger partial charge in [0.05, 0.1) is 7.11 Å². The third kappa shape index (κ3) is 3.39. The van der Waals surface area contributed by atoms with Crippen LogP contribution in [0.5, 0.6) is 6.01 Å². The standard InChI is InChI=1S/C9H15ClN6O/c1-15-3-5-16(6-4-15)14-8-11-7(10)12-9(13-8)17-2/h3-6H2,1-2H3,(H,11,12,13,14). The first-order chi connectivity index (χ1) is 8.17. The Bertz CT molecular complexity index is 382. The smallest absolute Gasteiger partial charge is 0.322 e. The minimum absolute atomic E-state index is 0.119. The van der Waals surface area contributed by atoms with E-state index in [2.05, 4.69) is 32.3 Å². The highest BCUT2D eigenvalue weighted by Gasteiger charge is 2.15. The maximum absolute atomic E-state index is 5.76. The van der Waals surface area contributed by atoms with Gasteiger partial charge in [-0.1, -0.05) is 0 Å². The van der Waals surface area contributed by atoms with E-state index in [9.17, 15) is 0 Å². The van der Waals surface area contributed by atoms with E-state index in [1.54, 1.807) is 0 Å². The van der Waals surface area contributed by atoms with E-state index in [0.717, 1.165) is 26.2 Å². The number of hydrazine groups is 1. The molecule has 1 aromatic rings. The number of anilines is 1. The number of aromatic nitrogens is 3. The van der Waals surface area contributed by atoms with Crippen molar-refractivity contribution in [2.75, 3.05) is 45.8 Å². The third-order valence-corrected chi connectivity index (χ3v) is 2.70. The van der Waals surface area contributed by atoms with Crippen molar-refractivity contribution in [3.05, 3.63) is 5.28 Å². The van der Waals surface area contributed by atoms with Crippen LogP contribution in [0.1, 0.15) is 0 Å². The largest absolute Gasteiger partial charge is 0.467 e. The van der Waals surface area contributed by atoms with Gasteiger partial charge in [-0.2, -0.15) is 15.0 Å². The van der Waals surface area contributed by atoms with E-state index in [0.29, 0.717) is 5.95 Å². The number of hydrogen-bond donors (Lipinski definition) is 1. The average Bonchev–Trinajstić information content (AvgIpc) is 2.31. The molecule has 0 radical (unpaired) electrons. The minimum atomic E-state index is 0.119. The van der Waals surface area contributed by atoms with Crippen molar-refractivity contribution in [2.45, 2.75) is 0 Å². The highest BCUT2D eigenvalue weighted by Crippen LogP contribution is 2.11. The van der Waals surface area contributed by atoms with Crippen LogP contribution in [0.15, 0.2) is 0 Å². The van der Waals surface area contributed by atoms with Crippen LogP contribution in [-0.4, -0.2) is 65.2 Å². The van der Waals surface area contributed by atoms with Crippen molar-refractivity contribution in [1.29, 1.82) is 0 Å². The maximum atomic E-state index is 5.76. The molecule has 8 heteroatoms. The van der Waals surface area contributed by atoms with Gasteiger partial charge in [0.2, 0.25) is 11.2 Å². The highest BCUT2D eigenvalue weighted by molar-refractivity contribution is 6.28. The molecule has 1 N–H and O–H groups in total. The molecule has 17 heavy (non-hydrogen) atoms. The molecule has 94 valence electrons. The van der Waals surface area contributed by atoms with Gasteiger partial charge >= 0.3 is 6.01 Å². The monoisotopic (exact) mass is 258 g/mol. The Morgan fingerprint density at radius 3 is 2.53 bits per heavy atom. The second-order valence-electron chi connectivity index (χ2n) is 3.82. The Balaban J connectivity index is 2.00. The molecular formula is C9H15ClN6O. The second kappa shape index (κ2) is 5.44. The Labute approximate surface area is 105 Å². The molecule has 0 saturated carbocycles. The first-order valence-corrected chi connectivity index (χ1v) is 5.71. The van der Waals surface area contributed by atoms with Gasteiger partial charge in [-0.15, -0.1) is 0 Å². The molecule has 1 saturated heterocycles. The predicted molar refractivity (Wildman–Crippen MR) is 64.1 cm³/mol. The Hall–Kier alpha value is -1.18. The summed E-state index contributed by atoms with van der Waals surface area (Å²) in [5.74, 6) is 0.409. The van der Waals surface area contributed by atoms with E-state index < -0.39 is 0 Å². The van der Waals surface area contributed by atoms with Crippen molar-refractivity contribution in [3.8, 4) is 6.01 Å². The number of rotatable bonds is 3. The van der Waals surface area contributed by atoms with Crippen LogP contribution >= 0.6 is 11.6 Å².